The van der Waals surface area contributed by atoms with Crippen molar-refractivity contribution in [2.24, 2.45) is 5.92 Å². The fraction of sp³-hybridized carbons (Fsp3) is 0.450. The van der Waals surface area contributed by atoms with Gasteiger partial charge in [-0.15, -0.1) is 11.3 Å². The molecule has 2 fully saturated rings. The summed E-state index contributed by atoms with van der Waals surface area (Å²) < 4.78 is 0. The minimum Gasteiger partial charge on any atom is -0.480 e. The van der Waals surface area contributed by atoms with E-state index in [1.807, 2.05) is 6.07 Å². The first-order chi connectivity index (χ1) is 11.7. The third-order valence-corrected chi connectivity index (χ3v) is 6.68. The average molecular weight is 341 g/mol. The molecule has 1 aromatic carbocycles. The van der Waals surface area contributed by atoms with Crippen molar-refractivity contribution in [3.63, 3.8) is 0 Å². The number of aliphatic carboxylic acids is 1. The van der Waals surface area contributed by atoms with Gasteiger partial charge >= 0.3 is 5.97 Å². The second kappa shape index (κ2) is 6.69. The number of hydrogen-bond donors (Lipinski definition) is 1. The first kappa shape index (κ1) is 15.9. The van der Waals surface area contributed by atoms with Gasteiger partial charge in [0.1, 0.15) is 6.04 Å². The van der Waals surface area contributed by atoms with Gasteiger partial charge in [-0.1, -0.05) is 43.2 Å². The first-order valence-corrected chi connectivity index (χ1v) is 9.67. The molecular weight excluding hydrogens is 318 g/mol. The largest absolute Gasteiger partial charge is 0.480 e. The zero-order chi connectivity index (χ0) is 16.5. The number of nitrogens with zero attached hydrogens (tertiary/aromatic N) is 1. The maximum Gasteiger partial charge on any atom is 0.320 e. The summed E-state index contributed by atoms with van der Waals surface area (Å²) in [6.07, 6.45) is 5.69. The van der Waals surface area contributed by atoms with Crippen LogP contribution in [0.2, 0.25) is 0 Å². The van der Waals surface area contributed by atoms with Gasteiger partial charge < -0.3 is 5.11 Å². The van der Waals surface area contributed by atoms with Crippen LogP contribution >= 0.6 is 11.3 Å². The molecule has 1 aromatic heterocycles. The Balaban J connectivity index is 1.55. The van der Waals surface area contributed by atoms with E-state index < -0.39 is 5.97 Å². The summed E-state index contributed by atoms with van der Waals surface area (Å²) in [6, 6.07) is 14.9. The van der Waals surface area contributed by atoms with Crippen LogP contribution in [0.1, 0.15) is 37.0 Å². The lowest BCUT2D eigenvalue weighted by molar-refractivity contribution is -0.142. The van der Waals surface area contributed by atoms with E-state index in [2.05, 4.69) is 41.3 Å². The number of thiophene rings is 1. The Hall–Kier alpha value is -1.65. The highest BCUT2D eigenvalue weighted by atomic mass is 32.1. The smallest absolute Gasteiger partial charge is 0.320 e. The minimum atomic E-state index is -0.649. The molecule has 1 saturated heterocycles. The molecule has 1 aliphatic heterocycles. The van der Waals surface area contributed by atoms with Crippen LogP contribution in [-0.2, 0) is 11.3 Å². The molecule has 4 rings (SSSR count). The number of carboxylic acids is 1. The maximum atomic E-state index is 11.7. The third kappa shape index (κ3) is 3.01. The number of rotatable bonds is 4. The van der Waals surface area contributed by atoms with Crippen molar-refractivity contribution in [2.45, 2.75) is 50.7 Å². The molecule has 126 valence electrons. The van der Waals surface area contributed by atoms with Gasteiger partial charge in [-0.2, -0.15) is 0 Å². The van der Waals surface area contributed by atoms with E-state index in [1.165, 1.54) is 34.6 Å². The molecule has 0 radical (unpaired) electrons. The number of hydrogen-bond acceptors (Lipinski definition) is 3. The molecule has 2 aromatic rings. The van der Waals surface area contributed by atoms with Crippen molar-refractivity contribution in [1.82, 2.24) is 4.90 Å². The molecule has 3 unspecified atom stereocenters. The van der Waals surface area contributed by atoms with E-state index in [4.69, 9.17) is 0 Å². The number of fused-ring (bicyclic) bond motifs is 1. The summed E-state index contributed by atoms with van der Waals surface area (Å²) in [5, 5.41) is 9.65. The van der Waals surface area contributed by atoms with Gasteiger partial charge in [-0.3, -0.25) is 9.69 Å². The maximum absolute atomic E-state index is 11.7. The summed E-state index contributed by atoms with van der Waals surface area (Å²) in [6.45, 7) is 0.773. The van der Waals surface area contributed by atoms with Crippen LogP contribution in [0.5, 0.6) is 0 Å². The zero-order valence-corrected chi connectivity index (χ0v) is 14.5. The molecule has 4 heteroatoms. The Morgan fingerprint density at radius 1 is 1.12 bits per heavy atom. The van der Waals surface area contributed by atoms with Gasteiger partial charge in [0, 0.05) is 22.3 Å². The molecule has 0 bridgehead atoms. The lowest BCUT2D eigenvalue weighted by Crippen LogP contribution is -2.41. The summed E-state index contributed by atoms with van der Waals surface area (Å²) in [4.78, 5) is 16.5. The first-order valence-electron chi connectivity index (χ1n) is 8.85. The molecule has 3 atom stereocenters. The van der Waals surface area contributed by atoms with Crippen molar-refractivity contribution in [2.75, 3.05) is 0 Å². The van der Waals surface area contributed by atoms with Crippen LogP contribution in [0, 0.1) is 5.92 Å². The molecular formula is C20H23NO2S. The topological polar surface area (TPSA) is 40.5 Å². The summed E-state index contributed by atoms with van der Waals surface area (Å²) in [5.41, 5.74) is 1.24. The predicted octanol–water partition coefficient (Wildman–Crippen LogP) is 4.63. The lowest BCUT2D eigenvalue weighted by atomic mass is 9.85. The Morgan fingerprint density at radius 2 is 1.92 bits per heavy atom. The van der Waals surface area contributed by atoms with Crippen LogP contribution in [0.25, 0.3) is 10.4 Å². The van der Waals surface area contributed by atoms with E-state index >= 15 is 0 Å². The van der Waals surface area contributed by atoms with Gasteiger partial charge in [0.2, 0.25) is 0 Å². The Bertz CT molecular complexity index is 711. The Morgan fingerprint density at radius 3 is 2.71 bits per heavy atom. The van der Waals surface area contributed by atoms with Crippen LogP contribution in [0.3, 0.4) is 0 Å². The van der Waals surface area contributed by atoms with E-state index in [-0.39, 0.29) is 6.04 Å². The van der Waals surface area contributed by atoms with Crippen LogP contribution in [0.15, 0.2) is 42.5 Å². The number of likely N-dealkylation sites (tertiary alicyclic amines) is 1. The fourth-order valence-electron chi connectivity index (χ4n) is 4.42. The number of carboxylic acid groups (broad SMARTS) is 1. The molecule has 0 amide bonds. The minimum absolute atomic E-state index is 0.305. The van der Waals surface area contributed by atoms with E-state index in [0.29, 0.717) is 12.0 Å². The van der Waals surface area contributed by atoms with Crippen molar-refractivity contribution in [3.05, 3.63) is 47.3 Å². The highest BCUT2D eigenvalue weighted by Crippen LogP contribution is 2.41. The molecule has 0 spiro atoms. The molecule has 2 heterocycles. The van der Waals surface area contributed by atoms with Crippen molar-refractivity contribution in [3.8, 4) is 10.4 Å². The molecule has 1 saturated carbocycles. The van der Waals surface area contributed by atoms with Crippen LogP contribution in [-0.4, -0.2) is 28.1 Å². The molecule has 1 N–H and O–H groups in total. The summed E-state index contributed by atoms with van der Waals surface area (Å²) >= 11 is 1.79. The SMILES string of the molecule is O=C(O)C1CC2CCCCC2N1Cc1ccc(-c2ccccc2)s1. The highest BCUT2D eigenvalue weighted by molar-refractivity contribution is 7.15. The van der Waals surface area contributed by atoms with Gasteiger partial charge in [-0.25, -0.2) is 0 Å². The van der Waals surface area contributed by atoms with Crippen molar-refractivity contribution in [1.29, 1.82) is 0 Å². The molecule has 2 aliphatic rings. The molecule has 24 heavy (non-hydrogen) atoms. The second-order valence-corrected chi connectivity index (χ2v) is 8.17. The predicted molar refractivity (Wildman–Crippen MR) is 97.1 cm³/mol. The zero-order valence-electron chi connectivity index (χ0n) is 13.7. The number of carbonyl (C=O) groups is 1. The Kier molecular flexibility index (Phi) is 4.42. The van der Waals surface area contributed by atoms with Gasteiger partial charge in [-0.05, 0) is 42.9 Å². The summed E-state index contributed by atoms with van der Waals surface area (Å²) in [5.74, 6) is -0.0716. The van der Waals surface area contributed by atoms with Crippen molar-refractivity contribution < 1.29 is 9.90 Å². The van der Waals surface area contributed by atoms with E-state index in [9.17, 15) is 9.90 Å². The highest BCUT2D eigenvalue weighted by Gasteiger charge is 2.45. The monoisotopic (exact) mass is 341 g/mol. The standard InChI is InChI=1S/C20H23NO2S/c22-20(23)18-12-15-8-4-5-9-17(15)21(18)13-16-10-11-19(24-16)14-6-2-1-3-7-14/h1-3,6-7,10-11,15,17-18H,4-5,8-9,12-13H2,(H,22,23). The summed E-state index contributed by atoms with van der Waals surface area (Å²) in [7, 11) is 0. The molecule has 3 nitrogen and oxygen atoms in total. The quantitative estimate of drug-likeness (QED) is 0.881. The fourth-order valence-corrected chi connectivity index (χ4v) is 5.45. The third-order valence-electron chi connectivity index (χ3n) is 5.56. The Labute approximate surface area is 146 Å². The molecule has 1 aliphatic carbocycles. The van der Waals surface area contributed by atoms with Crippen LogP contribution < -0.4 is 0 Å². The average Bonchev–Trinajstić information content (AvgIpc) is 3.21. The van der Waals surface area contributed by atoms with Gasteiger partial charge in [0.15, 0.2) is 0 Å². The van der Waals surface area contributed by atoms with E-state index in [0.717, 1.165) is 19.4 Å². The normalized spacial score (nSPS) is 27.1. The van der Waals surface area contributed by atoms with Crippen LogP contribution in [0.4, 0.5) is 0 Å². The number of benzene rings is 1. The van der Waals surface area contributed by atoms with Gasteiger partial charge in [0.25, 0.3) is 0 Å². The van der Waals surface area contributed by atoms with Gasteiger partial charge in [0.05, 0.1) is 0 Å². The second-order valence-electron chi connectivity index (χ2n) is 7.01. The van der Waals surface area contributed by atoms with Crippen molar-refractivity contribution >= 4 is 17.3 Å². The van der Waals surface area contributed by atoms with E-state index in [1.54, 1.807) is 11.3 Å². The lowest BCUT2D eigenvalue weighted by Gasteiger charge is -2.32.